The van der Waals surface area contributed by atoms with Gasteiger partial charge in [0.1, 0.15) is 5.58 Å². The molecule has 2 heterocycles. The van der Waals surface area contributed by atoms with Crippen LogP contribution in [0.15, 0.2) is 82.4 Å². The first-order valence-electron chi connectivity index (χ1n) is 8.43. The van der Waals surface area contributed by atoms with Gasteiger partial charge in [0.05, 0.1) is 17.9 Å². The van der Waals surface area contributed by atoms with Gasteiger partial charge in [-0.3, -0.25) is 4.79 Å². The van der Waals surface area contributed by atoms with Crippen molar-refractivity contribution in [3.63, 3.8) is 0 Å². The quantitative estimate of drug-likeness (QED) is 0.429. The summed E-state index contributed by atoms with van der Waals surface area (Å²) in [6.45, 7) is 0. The molecule has 0 saturated heterocycles. The standard InChI is InChI=1S/C21H15N3O4/c25-20(19-12-14-5-1-2-9-18(14)28-19)23-22-13-17-8-4-10-24(17)16-7-3-6-15(11-16)21(26)27/h1-13H,(H,23,25)(H,26,27)/p-1/b22-13-. The highest BCUT2D eigenvalue weighted by atomic mass is 16.4. The maximum atomic E-state index is 12.2. The number of hydrogen-bond donors (Lipinski definition) is 1. The van der Waals surface area contributed by atoms with Crippen LogP contribution in [0, 0.1) is 0 Å². The number of carboxylic acids is 1. The molecule has 0 aliphatic heterocycles. The summed E-state index contributed by atoms with van der Waals surface area (Å²) in [6.07, 6.45) is 3.23. The van der Waals surface area contributed by atoms with Gasteiger partial charge in [-0.25, -0.2) is 5.43 Å². The summed E-state index contributed by atoms with van der Waals surface area (Å²) in [5.41, 5.74) is 4.41. The third-order valence-electron chi connectivity index (χ3n) is 4.15. The summed E-state index contributed by atoms with van der Waals surface area (Å²) in [6, 6.07) is 18.9. The Balaban J connectivity index is 1.51. The molecule has 2 aromatic carbocycles. The second-order valence-electron chi connectivity index (χ2n) is 5.99. The van der Waals surface area contributed by atoms with E-state index in [-0.39, 0.29) is 11.3 Å². The number of aromatic nitrogens is 1. The maximum absolute atomic E-state index is 12.2. The SMILES string of the molecule is O=C([O-])c1cccc(-n2cccc2/C=N\NC(=O)c2cc3ccccc3o2)c1. The highest BCUT2D eigenvalue weighted by molar-refractivity contribution is 5.96. The van der Waals surface area contributed by atoms with Crippen LogP contribution in [0.4, 0.5) is 0 Å². The van der Waals surface area contributed by atoms with Gasteiger partial charge < -0.3 is 18.9 Å². The third kappa shape index (κ3) is 3.41. The predicted molar refractivity (Wildman–Crippen MR) is 101 cm³/mol. The topological polar surface area (TPSA) is 99.7 Å². The minimum atomic E-state index is -1.25. The molecule has 2 aromatic heterocycles. The molecule has 0 bridgehead atoms. The molecular weight excluding hydrogens is 358 g/mol. The highest BCUT2D eigenvalue weighted by Gasteiger charge is 2.11. The molecule has 138 valence electrons. The summed E-state index contributed by atoms with van der Waals surface area (Å²) in [5.74, 6) is -1.55. The Morgan fingerprint density at radius 3 is 2.71 bits per heavy atom. The van der Waals surface area contributed by atoms with Gasteiger partial charge in [-0.05, 0) is 42.0 Å². The largest absolute Gasteiger partial charge is 0.545 e. The molecule has 0 saturated carbocycles. The van der Waals surface area contributed by atoms with E-state index in [1.54, 1.807) is 47.2 Å². The molecule has 0 fully saturated rings. The van der Waals surface area contributed by atoms with Crippen molar-refractivity contribution in [2.24, 2.45) is 5.10 Å². The number of carbonyl (C=O) groups is 2. The minimum absolute atomic E-state index is 0.0762. The Bertz CT molecular complexity index is 1170. The second kappa shape index (κ2) is 7.24. The van der Waals surface area contributed by atoms with Crippen LogP contribution in [-0.4, -0.2) is 22.7 Å². The van der Waals surface area contributed by atoms with Gasteiger partial charge in [0.15, 0.2) is 5.76 Å². The fourth-order valence-corrected chi connectivity index (χ4v) is 2.82. The molecule has 7 heteroatoms. The molecule has 28 heavy (non-hydrogen) atoms. The lowest BCUT2D eigenvalue weighted by atomic mass is 10.2. The van der Waals surface area contributed by atoms with E-state index in [2.05, 4.69) is 10.5 Å². The third-order valence-corrected chi connectivity index (χ3v) is 4.15. The van der Waals surface area contributed by atoms with Crippen LogP contribution in [0.2, 0.25) is 0 Å². The smallest absolute Gasteiger partial charge is 0.307 e. The molecule has 0 spiro atoms. The van der Waals surface area contributed by atoms with E-state index in [1.807, 2.05) is 18.2 Å². The number of hydrogen-bond acceptors (Lipinski definition) is 5. The Labute approximate surface area is 159 Å². The molecule has 4 rings (SSSR count). The zero-order valence-electron chi connectivity index (χ0n) is 14.5. The van der Waals surface area contributed by atoms with Gasteiger partial charge in [-0.1, -0.05) is 30.3 Å². The normalized spacial score (nSPS) is 11.1. The van der Waals surface area contributed by atoms with E-state index in [9.17, 15) is 14.7 Å². The molecule has 4 aromatic rings. The number of hydrazone groups is 1. The number of nitrogens with zero attached hydrogens (tertiary/aromatic N) is 2. The van der Waals surface area contributed by atoms with E-state index in [0.717, 1.165) is 5.39 Å². The van der Waals surface area contributed by atoms with Crippen LogP contribution < -0.4 is 10.5 Å². The number of aromatic carboxylic acids is 1. The van der Waals surface area contributed by atoms with Gasteiger partial charge in [0.25, 0.3) is 0 Å². The van der Waals surface area contributed by atoms with Gasteiger partial charge >= 0.3 is 5.91 Å². The Morgan fingerprint density at radius 1 is 1.04 bits per heavy atom. The fraction of sp³-hybridized carbons (Fsp3) is 0. The molecule has 0 radical (unpaired) electrons. The van der Waals surface area contributed by atoms with Crippen molar-refractivity contribution >= 4 is 29.1 Å². The van der Waals surface area contributed by atoms with Crippen LogP contribution in [0.5, 0.6) is 0 Å². The number of fused-ring (bicyclic) bond motifs is 1. The van der Waals surface area contributed by atoms with Crippen LogP contribution in [0.1, 0.15) is 26.6 Å². The van der Waals surface area contributed by atoms with Crippen molar-refractivity contribution in [3.05, 3.63) is 89.9 Å². The molecule has 7 nitrogen and oxygen atoms in total. The maximum Gasteiger partial charge on any atom is 0.307 e. The lowest BCUT2D eigenvalue weighted by Crippen LogP contribution is -2.22. The van der Waals surface area contributed by atoms with Crippen LogP contribution in [0.25, 0.3) is 16.7 Å². The summed E-state index contributed by atoms with van der Waals surface area (Å²) in [7, 11) is 0. The zero-order chi connectivity index (χ0) is 19.5. The molecule has 0 aliphatic rings. The fourth-order valence-electron chi connectivity index (χ4n) is 2.82. The van der Waals surface area contributed by atoms with Gasteiger partial charge in [0, 0.05) is 17.3 Å². The van der Waals surface area contributed by atoms with Crippen LogP contribution in [-0.2, 0) is 0 Å². The summed E-state index contributed by atoms with van der Waals surface area (Å²) < 4.78 is 7.23. The number of para-hydroxylation sites is 1. The number of nitrogens with one attached hydrogen (secondary N) is 1. The number of amides is 1. The van der Waals surface area contributed by atoms with Crippen molar-refractivity contribution in [2.75, 3.05) is 0 Å². The van der Waals surface area contributed by atoms with Crippen molar-refractivity contribution in [2.45, 2.75) is 0 Å². The predicted octanol–water partition coefficient (Wildman–Crippen LogP) is 2.35. The first kappa shape index (κ1) is 17.3. The van der Waals surface area contributed by atoms with Gasteiger partial charge in [0.2, 0.25) is 0 Å². The average molecular weight is 372 g/mol. The van der Waals surface area contributed by atoms with Crippen molar-refractivity contribution in [1.82, 2.24) is 9.99 Å². The monoisotopic (exact) mass is 372 g/mol. The Hall–Kier alpha value is -4.13. The number of carboxylic acid groups (broad SMARTS) is 1. The second-order valence-corrected chi connectivity index (χ2v) is 5.99. The number of carbonyl (C=O) groups excluding carboxylic acids is 2. The van der Waals surface area contributed by atoms with E-state index < -0.39 is 11.9 Å². The van der Waals surface area contributed by atoms with E-state index >= 15 is 0 Å². The first-order chi connectivity index (χ1) is 13.6. The Morgan fingerprint density at radius 2 is 1.89 bits per heavy atom. The van der Waals surface area contributed by atoms with Gasteiger partial charge in [-0.15, -0.1) is 0 Å². The van der Waals surface area contributed by atoms with Crippen molar-refractivity contribution < 1.29 is 19.1 Å². The van der Waals surface area contributed by atoms with E-state index in [1.165, 1.54) is 18.3 Å². The van der Waals surface area contributed by atoms with Crippen LogP contribution >= 0.6 is 0 Å². The zero-order valence-corrected chi connectivity index (χ0v) is 14.5. The van der Waals surface area contributed by atoms with Gasteiger partial charge in [-0.2, -0.15) is 5.10 Å². The average Bonchev–Trinajstić information content (AvgIpc) is 3.35. The van der Waals surface area contributed by atoms with Crippen LogP contribution in [0.3, 0.4) is 0 Å². The summed E-state index contributed by atoms with van der Waals surface area (Å²) >= 11 is 0. The first-order valence-corrected chi connectivity index (χ1v) is 8.43. The summed E-state index contributed by atoms with van der Waals surface area (Å²) in [4.78, 5) is 23.3. The minimum Gasteiger partial charge on any atom is -0.545 e. The molecule has 0 atom stereocenters. The van der Waals surface area contributed by atoms with Crippen molar-refractivity contribution in [1.29, 1.82) is 0 Å². The lowest BCUT2D eigenvalue weighted by molar-refractivity contribution is -0.255. The molecule has 1 N–H and O–H groups in total. The molecule has 0 aliphatic carbocycles. The van der Waals surface area contributed by atoms with Crippen molar-refractivity contribution in [3.8, 4) is 5.69 Å². The molecule has 0 unspecified atom stereocenters. The highest BCUT2D eigenvalue weighted by Crippen LogP contribution is 2.18. The number of furan rings is 1. The summed E-state index contributed by atoms with van der Waals surface area (Å²) in [5, 5.41) is 15.9. The van der Waals surface area contributed by atoms with E-state index in [4.69, 9.17) is 4.42 Å². The Kier molecular flexibility index (Phi) is 4.47. The lowest BCUT2D eigenvalue weighted by Gasteiger charge is -2.09. The molecule has 1 amide bonds. The number of benzene rings is 2. The number of rotatable bonds is 5. The molecular formula is C21H14N3O4-. The van der Waals surface area contributed by atoms with E-state index in [0.29, 0.717) is 17.0 Å².